The second kappa shape index (κ2) is 6.79. The summed E-state index contributed by atoms with van der Waals surface area (Å²) in [5, 5.41) is 3.95. The van der Waals surface area contributed by atoms with Crippen LogP contribution >= 0.6 is 0 Å². The second-order valence-corrected chi connectivity index (χ2v) is 5.91. The van der Waals surface area contributed by atoms with Crippen LogP contribution < -0.4 is 10.1 Å². The first kappa shape index (κ1) is 16.1. The summed E-state index contributed by atoms with van der Waals surface area (Å²) in [6.45, 7) is 4.53. The van der Waals surface area contributed by atoms with Crippen molar-refractivity contribution in [2.24, 2.45) is 0 Å². The molecule has 3 rings (SSSR count). The van der Waals surface area contributed by atoms with Crippen LogP contribution in [-0.2, 0) is 17.8 Å². The largest absolute Gasteiger partial charge is 0.496 e. The van der Waals surface area contributed by atoms with Crippen molar-refractivity contribution in [2.45, 2.75) is 26.8 Å². The molecule has 1 heterocycles. The van der Waals surface area contributed by atoms with Gasteiger partial charge in [-0.25, -0.2) is 0 Å². The molecule has 0 spiro atoms. The number of para-hydroxylation sites is 1. The number of carbonyl (C=O) groups excluding carboxylic acids is 1. The Morgan fingerprint density at radius 2 is 1.92 bits per heavy atom. The van der Waals surface area contributed by atoms with E-state index >= 15 is 0 Å². The highest BCUT2D eigenvalue weighted by atomic mass is 16.5. The minimum atomic E-state index is -0.0400. The Morgan fingerprint density at radius 1 is 1.12 bits per heavy atom. The molecular weight excluding hydrogens is 302 g/mol. The summed E-state index contributed by atoms with van der Waals surface area (Å²) in [5.74, 6) is 0.736. The molecule has 0 saturated heterocycles. The molecule has 1 N–H and O–H groups in total. The smallest absolute Gasteiger partial charge is 0.224 e. The zero-order chi connectivity index (χ0) is 17.1. The van der Waals surface area contributed by atoms with E-state index in [1.165, 1.54) is 5.56 Å². The molecule has 1 amide bonds. The van der Waals surface area contributed by atoms with Crippen molar-refractivity contribution in [3.05, 3.63) is 64.9 Å². The molecule has 0 aliphatic carbocycles. The van der Waals surface area contributed by atoms with E-state index in [4.69, 9.17) is 9.15 Å². The third-order valence-corrected chi connectivity index (χ3v) is 4.36. The van der Waals surface area contributed by atoms with Crippen LogP contribution in [0.2, 0.25) is 0 Å². The molecule has 3 aromatic rings. The Kier molecular flexibility index (Phi) is 4.56. The number of hydrogen-bond acceptors (Lipinski definition) is 3. The number of fused-ring (bicyclic) bond motifs is 1. The summed E-state index contributed by atoms with van der Waals surface area (Å²) < 4.78 is 11.0. The van der Waals surface area contributed by atoms with Crippen molar-refractivity contribution < 1.29 is 13.9 Å². The van der Waals surface area contributed by atoms with Crippen LogP contribution in [0.4, 0.5) is 0 Å². The second-order valence-electron chi connectivity index (χ2n) is 5.91. The van der Waals surface area contributed by atoms with Crippen LogP contribution in [0.25, 0.3) is 11.0 Å². The number of carbonyl (C=O) groups is 1. The monoisotopic (exact) mass is 323 g/mol. The van der Waals surface area contributed by atoms with Crippen molar-refractivity contribution in [2.75, 3.05) is 7.11 Å². The van der Waals surface area contributed by atoms with E-state index in [0.717, 1.165) is 33.4 Å². The number of rotatable bonds is 5. The molecular formula is C20H21NO3. The molecule has 124 valence electrons. The van der Waals surface area contributed by atoms with Crippen molar-refractivity contribution in [1.82, 2.24) is 5.32 Å². The van der Waals surface area contributed by atoms with Gasteiger partial charge in [-0.15, -0.1) is 0 Å². The molecule has 0 aliphatic heterocycles. The van der Waals surface area contributed by atoms with Gasteiger partial charge in [0.05, 0.1) is 19.8 Å². The van der Waals surface area contributed by atoms with E-state index < -0.39 is 0 Å². The lowest BCUT2D eigenvalue weighted by atomic mass is 10.0. The first-order chi connectivity index (χ1) is 11.6. The lowest BCUT2D eigenvalue weighted by molar-refractivity contribution is -0.120. The Hall–Kier alpha value is -2.75. The van der Waals surface area contributed by atoms with E-state index in [1.54, 1.807) is 13.4 Å². The van der Waals surface area contributed by atoms with Gasteiger partial charge in [-0.05, 0) is 31.0 Å². The zero-order valence-corrected chi connectivity index (χ0v) is 14.2. The number of furan rings is 1. The maximum Gasteiger partial charge on any atom is 0.224 e. The minimum absolute atomic E-state index is 0.0400. The quantitative estimate of drug-likeness (QED) is 0.774. The third kappa shape index (κ3) is 3.13. The van der Waals surface area contributed by atoms with Gasteiger partial charge >= 0.3 is 0 Å². The highest BCUT2D eigenvalue weighted by molar-refractivity contribution is 5.89. The van der Waals surface area contributed by atoms with Crippen LogP contribution in [0.1, 0.15) is 22.3 Å². The van der Waals surface area contributed by atoms with E-state index in [0.29, 0.717) is 13.0 Å². The number of amides is 1. The molecule has 0 radical (unpaired) electrons. The maximum absolute atomic E-state index is 12.3. The zero-order valence-electron chi connectivity index (χ0n) is 14.2. The number of ether oxygens (including phenoxy) is 1. The van der Waals surface area contributed by atoms with Gasteiger partial charge in [0.15, 0.2) is 0 Å². The van der Waals surface area contributed by atoms with Crippen molar-refractivity contribution >= 4 is 16.9 Å². The number of aryl methyl sites for hydroxylation is 2. The molecule has 4 heteroatoms. The Labute approximate surface area is 141 Å². The average Bonchev–Trinajstić information content (AvgIpc) is 3.00. The van der Waals surface area contributed by atoms with Crippen molar-refractivity contribution in [3.8, 4) is 5.75 Å². The molecule has 0 unspecified atom stereocenters. The van der Waals surface area contributed by atoms with Crippen molar-refractivity contribution in [1.29, 1.82) is 0 Å². The van der Waals surface area contributed by atoms with Crippen molar-refractivity contribution in [3.63, 3.8) is 0 Å². The summed E-state index contributed by atoms with van der Waals surface area (Å²) >= 11 is 0. The van der Waals surface area contributed by atoms with Gasteiger partial charge in [0.25, 0.3) is 0 Å². The fourth-order valence-corrected chi connectivity index (χ4v) is 2.80. The first-order valence-electron chi connectivity index (χ1n) is 7.95. The fraction of sp³-hybridized carbons (Fsp3) is 0.250. The van der Waals surface area contributed by atoms with E-state index in [9.17, 15) is 4.79 Å². The van der Waals surface area contributed by atoms with Gasteiger partial charge < -0.3 is 14.5 Å². The van der Waals surface area contributed by atoms with Crippen LogP contribution in [0.15, 0.2) is 47.1 Å². The molecule has 24 heavy (non-hydrogen) atoms. The predicted octanol–water partition coefficient (Wildman–Crippen LogP) is 3.92. The van der Waals surface area contributed by atoms with Gasteiger partial charge in [0, 0.05) is 23.1 Å². The topological polar surface area (TPSA) is 51.5 Å². The van der Waals surface area contributed by atoms with Crippen LogP contribution in [0, 0.1) is 13.8 Å². The Balaban J connectivity index is 1.70. The Bertz CT molecular complexity index is 880. The molecule has 0 aliphatic rings. The third-order valence-electron chi connectivity index (χ3n) is 4.36. The summed E-state index contributed by atoms with van der Waals surface area (Å²) in [4.78, 5) is 12.3. The average molecular weight is 323 g/mol. The van der Waals surface area contributed by atoms with Gasteiger partial charge in [0.2, 0.25) is 5.91 Å². The molecule has 2 aromatic carbocycles. The van der Waals surface area contributed by atoms with E-state index in [-0.39, 0.29) is 5.91 Å². The lowest BCUT2D eigenvalue weighted by Crippen LogP contribution is -2.24. The fourth-order valence-electron chi connectivity index (χ4n) is 2.80. The van der Waals surface area contributed by atoms with Gasteiger partial charge in [-0.1, -0.05) is 30.3 Å². The number of methoxy groups -OCH3 is 1. The molecule has 1 aromatic heterocycles. The molecule has 0 fully saturated rings. The van der Waals surface area contributed by atoms with Crippen LogP contribution in [0.5, 0.6) is 5.75 Å². The predicted molar refractivity (Wildman–Crippen MR) is 94.2 cm³/mol. The molecule has 0 atom stereocenters. The number of benzene rings is 2. The number of nitrogens with one attached hydrogen (secondary N) is 1. The van der Waals surface area contributed by atoms with E-state index in [1.807, 2.05) is 37.3 Å². The SMILES string of the molecule is COc1ccccc1CNC(=O)Cc1coc2c(C)c(C)ccc12. The normalized spacial score (nSPS) is 10.8. The summed E-state index contributed by atoms with van der Waals surface area (Å²) in [6.07, 6.45) is 1.98. The first-order valence-corrected chi connectivity index (χ1v) is 7.95. The van der Waals surface area contributed by atoms with Crippen LogP contribution in [-0.4, -0.2) is 13.0 Å². The maximum atomic E-state index is 12.3. The summed E-state index contributed by atoms with van der Waals surface area (Å²) in [5.41, 5.74) is 5.03. The molecule has 0 saturated carbocycles. The lowest BCUT2D eigenvalue weighted by Gasteiger charge is -2.09. The standard InChI is InChI=1S/C20H21NO3/c1-13-8-9-17-16(12-24-20(17)14(13)2)10-19(22)21-11-15-6-4-5-7-18(15)23-3/h4-9,12H,10-11H2,1-3H3,(H,21,22). The highest BCUT2D eigenvalue weighted by Crippen LogP contribution is 2.26. The van der Waals surface area contributed by atoms with Gasteiger partial charge in [-0.2, -0.15) is 0 Å². The molecule has 4 nitrogen and oxygen atoms in total. The van der Waals surface area contributed by atoms with Gasteiger partial charge in [-0.3, -0.25) is 4.79 Å². The highest BCUT2D eigenvalue weighted by Gasteiger charge is 2.13. The number of hydrogen-bond donors (Lipinski definition) is 1. The Morgan fingerprint density at radius 3 is 2.71 bits per heavy atom. The summed E-state index contributed by atoms with van der Waals surface area (Å²) in [7, 11) is 1.63. The molecule has 0 bridgehead atoms. The van der Waals surface area contributed by atoms with E-state index in [2.05, 4.69) is 18.3 Å². The minimum Gasteiger partial charge on any atom is -0.496 e. The van der Waals surface area contributed by atoms with Crippen LogP contribution in [0.3, 0.4) is 0 Å². The van der Waals surface area contributed by atoms with Gasteiger partial charge in [0.1, 0.15) is 11.3 Å². The summed E-state index contributed by atoms with van der Waals surface area (Å²) in [6, 6.07) is 11.7.